The molecule has 1 spiro atoms. The van der Waals surface area contributed by atoms with Crippen LogP contribution in [-0.4, -0.2) is 61.5 Å². The smallest absolute Gasteiger partial charge is 0.226 e. The highest BCUT2D eigenvalue weighted by Crippen LogP contribution is 2.40. The van der Waals surface area contributed by atoms with E-state index in [1.807, 2.05) is 4.90 Å². The van der Waals surface area contributed by atoms with Crippen LogP contribution in [0.5, 0.6) is 0 Å². The first-order valence-electron chi connectivity index (χ1n) is 9.34. The van der Waals surface area contributed by atoms with Gasteiger partial charge in [0.15, 0.2) is 0 Å². The number of allylic oxidation sites excluding steroid dienone is 2. The van der Waals surface area contributed by atoms with Crippen LogP contribution in [-0.2, 0) is 14.3 Å². The lowest BCUT2D eigenvalue weighted by Crippen LogP contribution is -2.53. The molecule has 2 heterocycles. The predicted octanol–water partition coefficient (Wildman–Crippen LogP) is 2.22. The fourth-order valence-electron chi connectivity index (χ4n) is 4.39. The molecule has 1 atom stereocenters. The second-order valence-corrected chi connectivity index (χ2v) is 7.61. The molecule has 0 aromatic carbocycles. The van der Waals surface area contributed by atoms with Gasteiger partial charge in [-0.05, 0) is 43.9 Å². The number of hydrogen-bond donors (Lipinski definition) is 0. The number of methoxy groups -OCH3 is 1. The maximum Gasteiger partial charge on any atom is 0.226 e. The summed E-state index contributed by atoms with van der Waals surface area (Å²) in [6.45, 7) is 3.83. The highest BCUT2D eigenvalue weighted by atomic mass is 16.5. The van der Waals surface area contributed by atoms with Gasteiger partial charge in [-0.3, -0.25) is 9.59 Å². The summed E-state index contributed by atoms with van der Waals surface area (Å²) in [5, 5.41) is 0. The van der Waals surface area contributed by atoms with Crippen molar-refractivity contribution in [2.75, 3.05) is 39.9 Å². The first-order chi connectivity index (χ1) is 11.6. The van der Waals surface area contributed by atoms with Gasteiger partial charge in [0, 0.05) is 45.6 Å². The van der Waals surface area contributed by atoms with E-state index in [-0.39, 0.29) is 17.2 Å². The molecule has 0 unspecified atom stereocenters. The molecule has 2 saturated heterocycles. The monoisotopic (exact) mass is 334 g/mol. The minimum absolute atomic E-state index is 0.190. The summed E-state index contributed by atoms with van der Waals surface area (Å²) in [4.78, 5) is 28.8. The molecule has 1 aliphatic carbocycles. The minimum atomic E-state index is 0.190. The Morgan fingerprint density at radius 3 is 2.75 bits per heavy atom. The lowest BCUT2D eigenvalue weighted by Gasteiger charge is -2.48. The molecule has 5 nitrogen and oxygen atoms in total. The van der Waals surface area contributed by atoms with Gasteiger partial charge >= 0.3 is 0 Å². The molecule has 0 bridgehead atoms. The summed E-state index contributed by atoms with van der Waals surface area (Å²) in [6.07, 6.45) is 10.9. The Morgan fingerprint density at radius 1 is 1.29 bits per heavy atom. The summed E-state index contributed by atoms with van der Waals surface area (Å²) < 4.78 is 5.13. The molecule has 2 fully saturated rings. The topological polar surface area (TPSA) is 49.9 Å². The zero-order valence-corrected chi connectivity index (χ0v) is 14.8. The quantitative estimate of drug-likeness (QED) is 0.741. The van der Waals surface area contributed by atoms with Gasteiger partial charge in [0.1, 0.15) is 0 Å². The molecular formula is C19H30N2O3. The number of hydrogen-bond acceptors (Lipinski definition) is 3. The molecule has 5 heteroatoms. The fraction of sp³-hybridized carbons (Fsp3) is 0.789. The Bertz CT molecular complexity index is 495. The average Bonchev–Trinajstić information content (AvgIpc) is 2.63. The Hall–Kier alpha value is -1.36. The van der Waals surface area contributed by atoms with Gasteiger partial charge in [-0.15, -0.1) is 0 Å². The number of likely N-dealkylation sites (tertiary alicyclic amines) is 2. The normalized spacial score (nSPS) is 26.9. The van der Waals surface area contributed by atoms with Gasteiger partial charge in [0.05, 0.1) is 6.61 Å². The molecule has 0 saturated carbocycles. The Labute approximate surface area is 145 Å². The zero-order valence-electron chi connectivity index (χ0n) is 14.8. The number of nitrogens with zero attached hydrogens (tertiary/aromatic N) is 2. The van der Waals surface area contributed by atoms with Crippen LogP contribution in [0.1, 0.15) is 44.9 Å². The first kappa shape index (κ1) is 17.5. The highest BCUT2D eigenvalue weighted by Gasteiger charge is 2.42. The molecule has 24 heavy (non-hydrogen) atoms. The van der Waals surface area contributed by atoms with E-state index in [4.69, 9.17) is 4.74 Å². The van der Waals surface area contributed by atoms with Crippen molar-refractivity contribution in [3.05, 3.63) is 12.2 Å². The molecule has 2 aliphatic heterocycles. The first-order valence-corrected chi connectivity index (χ1v) is 9.34. The van der Waals surface area contributed by atoms with Crippen LogP contribution in [0.2, 0.25) is 0 Å². The van der Waals surface area contributed by atoms with Crippen molar-refractivity contribution in [2.24, 2.45) is 11.3 Å². The SMILES string of the molecule is COCCN1CC2(CCC1=O)CCN(C(=O)[C@@H]1CC=CCC1)CC2. The van der Waals surface area contributed by atoms with E-state index < -0.39 is 0 Å². The second kappa shape index (κ2) is 7.68. The van der Waals surface area contributed by atoms with Crippen molar-refractivity contribution >= 4 is 11.8 Å². The molecule has 0 radical (unpaired) electrons. The van der Waals surface area contributed by atoms with E-state index in [1.54, 1.807) is 7.11 Å². The van der Waals surface area contributed by atoms with Crippen LogP contribution < -0.4 is 0 Å². The zero-order chi connectivity index (χ0) is 17.0. The van der Waals surface area contributed by atoms with Gasteiger partial charge in [-0.25, -0.2) is 0 Å². The van der Waals surface area contributed by atoms with Crippen molar-refractivity contribution in [3.8, 4) is 0 Å². The number of rotatable bonds is 4. The van der Waals surface area contributed by atoms with Crippen molar-refractivity contribution in [3.63, 3.8) is 0 Å². The van der Waals surface area contributed by atoms with Crippen molar-refractivity contribution in [1.29, 1.82) is 0 Å². The fourth-order valence-corrected chi connectivity index (χ4v) is 4.39. The summed E-state index contributed by atoms with van der Waals surface area (Å²) in [7, 11) is 1.68. The van der Waals surface area contributed by atoms with E-state index >= 15 is 0 Å². The second-order valence-electron chi connectivity index (χ2n) is 7.61. The lowest BCUT2D eigenvalue weighted by molar-refractivity contribution is -0.144. The maximum atomic E-state index is 12.7. The summed E-state index contributed by atoms with van der Waals surface area (Å²) in [6, 6.07) is 0. The van der Waals surface area contributed by atoms with Crippen molar-refractivity contribution < 1.29 is 14.3 Å². The Morgan fingerprint density at radius 2 is 2.08 bits per heavy atom. The predicted molar refractivity (Wildman–Crippen MR) is 92.4 cm³/mol. The van der Waals surface area contributed by atoms with Crippen LogP contribution in [0.25, 0.3) is 0 Å². The van der Waals surface area contributed by atoms with Crippen molar-refractivity contribution in [1.82, 2.24) is 9.80 Å². The number of amides is 2. The van der Waals surface area contributed by atoms with Gasteiger partial charge in [0.2, 0.25) is 11.8 Å². The molecule has 0 aromatic rings. The standard InChI is InChI=1S/C19H30N2O3/c1-24-14-13-21-15-19(8-7-17(21)22)9-11-20(12-10-19)18(23)16-5-3-2-4-6-16/h2-3,16H,4-15H2,1H3/t16-/m1/s1. The lowest BCUT2D eigenvalue weighted by atomic mass is 9.72. The summed E-state index contributed by atoms with van der Waals surface area (Å²) >= 11 is 0. The number of ether oxygens (including phenoxy) is 1. The minimum Gasteiger partial charge on any atom is -0.383 e. The maximum absolute atomic E-state index is 12.7. The largest absolute Gasteiger partial charge is 0.383 e. The van der Waals surface area contributed by atoms with Crippen LogP contribution >= 0.6 is 0 Å². The molecule has 134 valence electrons. The summed E-state index contributed by atoms with van der Waals surface area (Å²) in [5.41, 5.74) is 0.213. The molecule has 2 amide bonds. The van der Waals surface area contributed by atoms with E-state index in [9.17, 15) is 9.59 Å². The molecular weight excluding hydrogens is 304 g/mol. The van der Waals surface area contributed by atoms with Crippen LogP contribution in [0.4, 0.5) is 0 Å². The summed E-state index contributed by atoms with van der Waals surface area (Å²) in [5.74, 6) is 0.790. The van der Waals surface area contributed by atoms with Gasteiger partial charge in [-0.1, -0.05) is 12.2 Å². The van der Waals surface area contributed by atoms with E-state index in [2.05, 4.69) is 17.1 Å². The van der Waals surface area contributed by atoms with Gasteiger partial charge < -0.3 is 14.5 Å². The number of piperidine rings is 2. The van der Waals surface area contributed by atoms with Gasteiger partial charge in [0.25, 0.3) is 0 Å². The number of carbonyl (C=O) groups is 2. The molecule has 3 rings (SSSR count). The van der Waals surface area contributed by atoms with Crippen LogP contribution in [0.3, 0.4) is 0 Å². The third kappa shape index (κ3) is 3.82. The van der Waals surface area contributed by atoms with E-state index in [0.29, 0.717) is 25.5 Å². The van der Waals surface area contributed by atoms with Crippen LogP contribution in [0, 0.1) is 11.3 Å². The number of carbonyl (C=O) groups excluding carboxylic acids is 2. The van der Waals surface area contributed by atoms with Crippen LogP contribution in [0.15, 0.2) is 12.2 Å². The third-order valence-corrected chi connectivity index (χ3v) is 6.07. The highest BCUT2D eigenvalue weighted by molar-refractivity contribution is 5.79. The molecule has 3 aliphatic rings. The Kier molecular flexibility index (Phi) is 5.59. The third-order valence-electron chi connectivity index (χ3n) is 6.07. The Balaban J connectivity index is 1.54. The van der Waals surface area contributed by atoms with Gasteiger partial charge in [-0.2, -0.15) is 0 Å². The molecule has 0 aromatic heterocycles. The van der Waals surface area contributed by atoms with Crippen molar-refractivity contribution in [2.45, 2.75) is 44.9 Å². The molecule has 0 N–H and O–H groups in total. The average molecular weight is 334 g/mol. The van der Waals surface area contributed by atoms with E-state index in [1.165, 1.54) is 0 Å². The van der Waals surface area contributed by atoms with E-state index in [0.717, 1.165) is 58.2 Å².